The quantitative estimate of drug-likeness (QED) is 0.751. The van der Waals surface area contributed by atoms with Crippen molar-refractivity contribution in [2.75, 3.05) is 32.9 Å². The molecule has 7 heteroatoms. The van der Waals surface area contributed by atoms with Crippen molar-refractivity contribution in [1.29, 1.82) is 0 Å². The fourth-order valence-corrected chi connectivity index (χ4v) is 3.03. The van der Waals surface area contributed by atoms with Crippen molar-refractivity contribution >= 4 is 16.0 Å². The van der Waals surface area contributed by atoms with Gasteiger partial charge in [-0.2, -0.15) is 0 Å². The molecule has 0 radical (unpaired) electrons. The fraction of sp³-hybridized carbons (Fsp3) is 0.909. The van der Waals surface area contributed by atoms with Crippen molar-refractivity contribution in [2.24, 2.45) is 0 Å². The predicted molar refractivity (Wildman–Crippen MR) is 68.9 cm³/mol. The van der Waals surface area contributed by atoms with Gasteiger partial charge in [0.2, 0.25) is 10.0 Å². The lowest BCUT2D eigenvalue weighted by Gasteiger charge is -2.32. The molecule has 0 spiro atoms. The average molecular weight is 278 g/mol. The van der Waals surface area contributed by atoms with Crippen LogP contribution < -0.4 is 0 Å². The zero-order chi connectivity index (χ0) is 13.8. The summed E-state index contributed by atoms with van der Waals surface area (Å²) in [5.41, 5.74) is 0. The number of nitrogens with zero attached hydrogens (tertiary/aromatic N) is 2. The predicted octanol–water partition coefficient (Wildman–Crippen LogP) is 0.207. The second kappa shape index (κ2) is 6.49. The van der Waals surface area contributed by atoms with Crippen LogP contribution in [0.1, 0.15) is 25.7 Å². The van der Waals surface area contributed by atoms with E-state index in [1.807, 2.05) is 4.90 Å². The molecule has 0 aromatic carbocycles. The third-order valence-corrected chi connectivity index (χ3v) is 5.22. The van der Waals surface area contributed by atoms with Gasteiger partial charge in [-0.15, -0.1) is 0 Å². The summed E-state index contributed by atoms with van der Waals surface area (Å²) in [6, 6.07) is -0.444. The molecule has 6 nitrogen and oxygen atoms in total. The first-order valence-electron chi connectivity index (χ1n) is 6.21. The van der Waals surface area contributed by atoms with Gasteiger partial charge >= 0.3 is 5.97 Å². The van der Waals surface area contributed by atoms with Crippen LogP contribution >= 0.6 is 0 Å². The van der Waals surface area contributed by atoms with E-state index in [1.54, 1.807) is 0 Å². The summed E-state index contributed by atoms with van der Waals surface area (Å²) in [4.78, 5) is 13.0. The molecule has 0 aliphatic carbocycles. The van der Waals surface area contributed by atoms with Gasteiger partial charge in [-0.1, -0.05) is 6.42 Å². The molecule has 0 saturated carbocycles. The zero-order valence-electron chi connectivity index (χ0n) is 11.0. The van der Waals surface area contributed by atoms with Gasteiger partial charge in [0.15, 0.2) is 0 Å². The van der Waals surface area contributed by atoms with Crippen molar-refractivity contribution in [3.05, 3.63) is 0 Å². The van der Waals surface area contributed by atoms with E-state index in [9.17, 15) is 13.2 Å². The van der Waals surface area contributed by atoms with Crippen molar-refractivity contribution in [2.45, 2.75) is 31.7 Å². The third-order valence-electron chi connectivity index (χ3n) is 3.30. The van der Waals surface area contributed by atoms with Gasteiger partial charge in [0.1, 0.15) is 6.04 Å². The molecule has 1 N–H and O–H groups in total. The highest BCUT2D eigenvalue weighted by molar-refractivity contribution is 7.89. The van der Waals surface area contributed by atoms with Crippen LogP contribution in [-0.4, -0.2) is 67.7 Å². The first-order chi connectivity index (χ1) is 8.34. The number of carboxylic acid groups (broad SMARTS) is 1. The SMILES string of the molecule is CN(C)S(=O)(=O)CCCN1CCCCC1C(=O)O. The second-order valence-corrected chi connectivity index (χ2v) is 7.14. The topological polar surface area (TPSA) is 77.9 Å². The van der Waals surface area contributed by atoms with Crippen molar-refractivity contribution in [1.82, 2.24) is 9.21 Å². The number of piperidine rings is 1. The molecule has 106 valence electrons. The summed E-state index contributed by atoms with van der Waals surface area (Å²) in [7, 11) is -0.157. The molecule has 0 aromatic heterocycles. The van der Waals surface area contributed by atoms with Gasteiger partial charge in [-0.25, -0.2) is 12.7 Å². The summed E-state index contributed by atoms with van der Waals surface area (Å²) < 4.78 is 24.4. The van der Waals surface area contributed by atoms with E-state index in [1.165, 1.54) is 18.4 Å². The number of hydrogen-bond acceptors (Lipinski definition) is 4. The van der Waals surface area contributed by atoms with Crippen molar-refractivity contribution in [3.63, 3.8) is 0 Å². The molecule has 1 fully saturated rings. The minimum absolute atomic E-state index is 0.0723. The van der Waals surface area contributed by atoms with Gasteiger partial charge in [0.05, 0.1) is 5.75 Å². The highest BCUT2D eigenvalue weighted by Crippen LogP contribution is 2.17. The standard InChI is InChI=1S/C11H22N2O4S/c1-12(2)18(16,17)9-5-8-13-7-4-3-6-10(13)11(14)15/h10H,3-9H2,1-2H3,(H,14,15). The van der Waals surface area contributed by atoms with Gasteiger partial charge in [-0.3, -0.25) is 9.69 Å². The number of rotatable bonds is 6. The Hall–Kier alpha value is -0.660. The fourth-order valence-electron chi connectivity index (χ4n) is 2.17. The van der Waals surface area contributed by atoms with Crippen LogP contribution in [0.15, 0.2) is 0 Å². The highest BCUT2D eigenvalue weighted by atomic mass is 32.2. The monoisotopic (exact) mass is 278 g/mol. The van der Waals surface area contributed by atoms with E-state index >= 15 is 0 Å². The Kier molecular flexibility index (Phi) is 5.55. The molecule has 0 amide bonds. The summed E-state index contributed by atoms with van der Waals surface area (Å²) in [5.74, 6) is -0.729. The van der Waals surface area contributed by atoms with Gasteiger partial charge in [0, 0.05) is 20.6 Å². The van der Waals surface area contributed by atoms with E-state index in [2.05, 4.69) is 0 Å². The summed E-state index contributed by atoms with van der Waals surface area (Å²) in [5, 5.41) is 9.09. The molecule has 1 aliphatic heterocycles. The average Bonchev–Trinajstić information content (AvgIpc) is 2.29. The van der Waals surface area contributed by atoms with Gasteiger partial charge in [0.25, 0.3) is 0 Å². The lowest BCUT2D eigenvalue weighted by Crippen LogP contribution is -2.45. The lowest BCUT2D eigenvalue weighted by atomic mass is 10.0. The molecular weight excluding hydrogens is 256 g/mol. The summed E-state index contributed by atoms with van der Waals surface area (Å²) in [6.07, 6.45) is 3.06. The Labute approximate surface area is 109 Å². The molecule has 0 aromatic rings. The maximum atomic E-state index is 11.6. The maximum Gasteiger partial charge on any atom is 0.320 e. The normalized spacial score (nSPS) is 22.3. The number of likely N-dealkylation sites (tertiary alicyclic amines) is 1. The minimum Gasteiger partial charge on any atom is -0.480 e. The van der Waals surface area contributed by atoms with E-state index in [0.717, 1.165) is 19.4 Å². The number of carboxylic acids is 1. The number of carbonyl (C=O) groups is 1. The van der Waals surface area contributed by atoms with Crippen LogP contribution in [0.2, 0.25) is 0 Å². The van der Waals surface area contributed by atoms with E-state index in [-0.39, 0.29) is 5.75 Å². The number of aliphatic carboxylic acids is 1. The molecule has 1 aliphatic rings. The minimum atomic E-state index is -3.18. The van der Waals surface area contributed by atoms with Crippen LogP contribution in [0.25, 0.3) is 0 Å². The van der Waals surface area contributed by atoms with Gasteiger partial charge < -0.3 is 5.11 Å². The van der Waals surface area contributed by atoms with Crippen LogP contribution in [-0.2, 0) is 14.8 Å². The molecule has 18 heavy (non-hydrogen) atoms. The number of hydrogen-bond donors (Lipinski definition) is 1. The maximum absolute atomic E-state index is 11.6. The first-order valence-corrected chi connectivity index (χ1v) is 7.82. The molecule has 1 unspecified atom stereocenters. The molecular formula is C11H22N2O4S. The molecule has 1 heterocycles. The molecule has 0 bridgehead atoms. The van der Waals surface area contributed by atoms with Crippen LogP contribution in [0.3, 0.4) is 0 Å². The van der Waals surface area contributed by atoms with Crippen LogP contribution in [0.5, 0.6) is 0 Å². The van der Waals surface area contributed by atoms with Crippen LogP contribution in [0.4, 0.5) is 0 Å². The Morgan fingerprint density at radius 3 is 2.61 bits per heavy atom. The zero-order valence-corrected chi connectivity index (χ0v) is 11.8. The smallest absolute Gasteiger partial charge is 0.320 e. The van der Waals surface area contributed by atoms with E-state index < -0.39 is 22.0 Å². The third kappa shape index (κ3) is 4.22. The molecule has 1 atom stereocenters. The second-order valence-electron chi connectivity index (χ2n) is 4.84. The van der Waals surface area contributed by atoms with Gasteiger partial charge in [-0.05, 0) is 25.8 Å². The summed E-state index contributed by atoms with van der Waals surface area (Å²) in [6.45, 7) is 1.28. The summed E-state index contributed by atoms with van der Waals surface area (Å²) >= 11 is 0. The highest BCUT2D eigenvalue weighted by Gasteiger charge is 2.28. The molecule has 1 saturated heterocycles. The van der Waals surface area contributed by atoms with E-state index in [0.29, 0.717) is 19.4 Å². The largest absolute Gasteiger partial charge is 0.480 e. The van der Waals surface area contributed by atoms with Crippen LogP contribution in [0, 0.1) is 0 Å². The lowest BCUT2D eigenvalue weighted by molar-refractivity contribution is -0.144. The Morgan fingerprint density at radius 2 is 2.06 bits per heavy atom. The Morgan fingerprint density at radius 1 is 1.39 bits per heavy atom. The van der Waals surface area contributed by atoms with E-state index in [4.69, 9.17) is 5.11 Å². The number of sulfonamides is 1. The Bertz CT molecular complexity index is 381. The van der Waals surface area contributed by atoms with Crippen molar-refractivity contribution < 1.29 is 18.3 Å². The molecule has 1 rings (SSSR count). The first kappa shape index (κ1) is 15.4. The Balaban J connectivity index is 2.44. The van der Waals surface area contributed by atoms with Crippen molar-refractivity contribution in [3.8, 4) is 0 Å².